The van der Waals surface area contributed by atoms with E-state index in [4.69, 9.17) is 10.3 Å². The maximum absolute atomic E-state index is 6.68. The highest BCUT2D eigenvalue weighted by atomic mass is 16.5. The van der Waals surface area contributed by atoms with Gasteiger partial charge in [0.05, 0.1) is 6.54 Å². The van der Waals surface area contributed by atoms with Crippen LogP contribution in [0, 0.1) is 5.53 Å². The summed E-state index contributed by atoms with van der Waals surface area (Å²) in [6.07, 6.45) is 0. The Hall–Kier alpha value is -1.90. The lowest BCUT2D eigenvalue weighted by atomic mass is 10.1. The molecule has 0 bridgehead atoms. The van der Waals surface area contributed by atoms with Crippen LogP contribution in [0.15, 0.2) is 47.6 Å². The molecule has 1 N–H and O–H groups in total. The summed E-state index contributed by atoms with van der Waals surface area (Å²) >= 11 is 0. The van der Waals surface area contributed by atoms with Crippen LogP contribution in [0.3, 0.4) is 0 Å². The number of fused-ring (bicyclic) bond motifs is 1. The van der Waals surface area contributed by atoms with E-state index in [1.165, 1.54) is 0 Å². The number of ether oxygens (including phenoxy) is 1. The molecule has 2 aromatic rings. The fourth-order valence-corrected chi connectivity index (χ4v) is 1.52. The highest BCUT2D eigenvalue weighted by molar-refractivity contribution is 5.88. The average molecular weight is 200 g/mol. The number of benzene rings is 2. The highest BCUT2D eigenvalue weighted by Gasteiger charge is 1.99. The first-order valence-electron chi connectivity index (χ1n) is 4.85. The van der Waals surface area contributed by atoms with Crippen LogP contribution >= 0.6 is 0 Å². The number of nitrogens with one attached hydrogen (secondary N) is 1. The van der Waals surface area contributed by atoms with Crippen LogP contribution in [0.25, 0.3) is 10.8 Å². The molecule has 0 unspecified atom stereocenters. The molecule has 0 radical (unpaired) electrons. The lowest BCUT2D eigenvalue weighted by Crippen LogP contribution is -2.00. The Balaban J connectivity index is 2.30. The normalized spacial score (nSPS) is 10.1. The van der Waals surface area contributed by atoms with Crippen molar-refractivity contribution in [3.63, 3.8) is 0 Å². The Morgan fingerprint density at radius 1 is 1.07 bits per heavy atom. The maximum Gasteiger partial charge on any atom is 0.127 e. The van der Waals surface area contributed by atoms with E-state index in [2.05, 4.69) is 17.2 Å². The van der Waals surface area contributed by atoms with Crippen LogP contribution in [-0.4, -0.2) is 13.2 Å². The Bertz CT molecular complexity index is 463. The highest BCUT2D eigenvalue weighted by Crippen LogP contribution is 2.24. The average Bonchev–Trinajstić information content (AvgIpc) is 2.30. The Labute approximate surface area is 88.2 Å². The first kappa shape index (κ1) is 9.65. The Kier molecular flexibility index (Phi) is 2.93. The Morgan fingerprint density at radius 2 is 1.87 bits per heavy atom. The summed E-state index contributed by atoms with van der Waals surface area (Å²) < 4.78 is 5.55. The minimum atomic E-state index is 0.406. The number of hydrogen-bond acceptors (Lipinski definition) is 3. The van der Waals surface area contributed by atoms with Gasteiger partial charge in [-0.15, -0.1) is 0 Å². The third-order valence-corrected chi connectivity index (χ3v) is 2.21. The van der Waals surface area contributed by atoms with Crippen molar-refractivity contribution < 1.29 is 4.74 Å². The first-order chi connectivity index (χ1) is 7.42. The van der Waals surface area contributed by atoms with E-state index < -0.39 is 0 Å². The van der Waals surface area contributed by atoms with Crippen molar-refractivity contribution in [1.82, 2.24) is 0 Å². The fraction of sp³-hybridized carbons (Fsp3) is 0.167. The lowest BCUT2D eigenvalue weighted by molar-refractivity contribution is 0.329. The zero-order valence-electron chi connectivity index (χ0n) is 8.31. The molecule has 0 heterocycles. The van der Waals surface area contributed by atoms with Crippen molar-refractivity contribution in [2.24, 2.45) is 5.11 Å². The molecule has 0 aromatic heterocycles. The Morgan fingerprint density at radius 3 is 2.73 bits per heavy atom. The third-order valence-electron chi connectivity index (χ3n) is 2.21. The molecule has 0 saturated heterocycles. The SMILES string of the molecule is N=NCCOc1cccc2ccccc12. The molecule has 3 nitrogen and oxygen atoms in total. The van der Waals surface area contributed by atoms with Gasteiger partial charge >= 0.3 is 0 Å². The summed E-state index contributed by atoms with van der Waals surface area (Å²) in [7, 11) is 0. The second-order valence-electron chi connectivity index (χ2n) is 3.21. The van der Waals surface area contributed by atoms with Gasteiger partial charge in [-0.1, -0.05) is 36.4 Å². The van der Waals surface area contributed by atoms with Crippen molar-refractivity contribution in [3.05, 3.63) is 42.5 Å². The van der Waals surface area contributed by atoms with Crippen LogP contribution in [-0.2, 0) is 0 Å². The van der Waals surface area contributed by atoms with Gasteiger partial charge < -0.3 is 4.74 Å². The predicted octanol–water partition coefficient (Wildman–Crippen LogP) is 3.25. The zero-order valence-corrected chi connectivity index (χ0v) is 8.31. The van der Waals surface area contributed by atoms with Crippen LogP contribution < -0.4 is 4.74 Å². The lowest BCUT2D eigenvalue weighted by Gasteiger charge is -2.07. The molecule has 0 saturated carbocycles. The summed E-state index contributed by atoms with van der Waals surface area (Å²) in [6.45, 7) is 0.862. The molecular weight excluding hydrogens is 188 g/mol. The summed E-state index contributed by atoms with van der Waals surface area (Å²) in [5.74, 6) is 0.858. The van der Waals surface area contributed by atoms with Crippen LogP contribution in [0.1, 0.15) is 0 Å². The van der Waals surface area contributed by atoms with Crippen LogP contribution in [0.2, 0.25) is 0 Å². The van der Waals surface area contributed by atoms with Gasteiger partial charge in [0.2, 0.25) is 0 Å². The van der Waals surface area contributed by atoms with E-state index in [-0.39, 0.29) is 0 Å². The van der Waals surface area contributed by atoms with Gasteiger partial charge in [-0.2, -0.15) is 5.11 Å². The molecular formula is C12H12N2O. The van der Waals surface area contributed by atoms with Gasteiger partial charge in [-0.25, -0.2) is 5.53 Å². The van der Waals surface area contributed by atoms with Gasteiger partial charge in [0.15, 0.2) is 0 Å². The van der Waals surface area contributed by atoms with E-state index in [1.807, 2.05) is 30.3 Å². The summed E-state index contributed by atoms with van der Waals surface area (Å²) in [5, 5.41) is 5.52. The molecule has 0 aliphatic rings. The quantitative estimate of drug-likeness (QED) is 0.597. The number of hydrogen-bond donors (Lipinski definition) is 1. The molecule has 0 amide bonds. The van der Waals surface area contributed by atoms with Crippen molar-refractivity contribution in [2.75, 3.05) is 13.2 Å². The van der Waals surface area contributed by atoms with Crippen LogP contribution in [0.4, 0.5) is 0 Å². The molecule has 0 fully saturated rings. The van der Waals surface area contributed by atoms with Crippen molar-refractivity contribution in [3.8, 4) is 5.75 Å². The minimum absolute atomic E-state index is 0.406. The van der Waals surface area contributed by atoms with E-state index in [0.29, 0.717) is 13.2 Å². The van der Waals surface area contributed by atoms with E-state index in [9.17, 15) is 0 Å². The first-order valence-corrected chi connectivity index (χ1v) is 4.85. The van der Waals surface area contributed by atoms with Crippen molar-refractivity contribution >= 4 is 10.8 Å². The molecule has 0 aliphatic carbocycles. The zero-order chi connectivity index (χ0) is 10.5. The standard InChI is InChI=1S/C12H12N2O/c13-14-8-9-15-12-7-3-5-10-4-1-2-6-11(10)12/h1-7,13H,8-9H2. The molecule has 2 aromatic carbocycles. The summed E-state index contributed by atoms with van der Waals surface area (Å²) in [5.41, 5.74) is 6.68. The monoisotopic (exact) mass is 200 g/mol. The van der Waals surface area contributed by atoms with Crippen molar-refractivity contribution in [1.29, 1.82) is 5.53 Å². The summed E-state index contributed by atoms with van der Waals surface area (Å²) in [4.78, 5) is 0. The largest absolute Gasteiger partial charge is 0.491 e. The van der Waals surface area contributed by atoms with E-state index >= 15 is 0 Å². The number of rotatable bonds is 4. The maximum atomic E-state index is 6.68. The van der Waals surface area contributed by atoms with Gasteiger partial charge in [-0.05, 0) is 11.5 Å². The molecule has 2 rings (SSSR count). The molecule has 76 valence electrons. The topological polar surface area (TPSA) is 45.4 Å². The van der Waals surface area contributed by atoms with Crippen LogP contribution in [0.5, 0.6) is 5.75 Å². The predicted molar refractivity (Wildman–Crippen MR) is 59.5 cm³/mol. The van der Waals surface area contributed by atoms with Gasteiger partial charge in [-0.3, -0.25) is 0 Å². The number of nitrogens with zero attached hydrogens (tertiary/aromatic N) is 1. The summed E-state index contributed by atoms with van der Waals surface area (Å²) in [6, 6.07) is 14.0. The van der Waals surface area contributed by atoms with E-state index in [1.54, 1.807) is 0 Å². The molecule has 15 heavy (non-hydrogen) atoms. The second kappa shape index (κ2) is 4.55. The minimum Gasteiger partial charge on any atom is -0.491 e. The smallest absolute Gasteiger partial charge is 0.127 e. The second-order valence-corrected chi connectivity index (χ2v) is 3.21. The third kappa shape index (κ3) is 2.13. The van der Waals surface area contributed by atoms with Gasteiger partial charge in [0.25, 0.3) is 0 Å². The molecule has 3 heteroatoms. The van der Waals surface area contributed by atoms with E-state index in [0.717, 1.165) is 16.5 Å². The molecule has 0 spiro atoms. The molecule has 0 atom stereocenters. The van der Waals surface area contributed by atoms with Crippen molar-refractivity contribution in [2.45, 2.75) is 0 Å². The van der Waals surface area contributed by atoms with Gasteiger partial charge in [0.1, 0.15) is 12.4 Å². The fourth-order valence-electron chi connectivity index (χ4n) is 1.52. The molecule has 0 aliphatic heterocycles. The van der Waals surface area contributed by atoms with Gasteiger partial charge in [0, 0.05) is 5.39 Å².